The van der Waals surface area contributed by atoms with Crippen LogP contribution in [0.25, 0.3) is 5.65 Å². The van der Waals surface area contributed by atoms with E-state index in [0.717, 1.165) is 5.56 Å². The summed E-state index contributed by atoms with van der Waals surface area (Å²) >= 11 is 0. The number of amides is 2. The Labute approximate surface area is 203 Å². The number of nitrogens with zero attached hydrogens (tertiary/aromatic N) is 3. The van der Waals surface area contributed by atoms with Crippen LogP contribution in [-0.4, -0.2) is 47.2 Å². The number of benzene rings is 2. The fraction of sp³-hybridized carbons (Fsp3) is 0.231. The molecule has 2 heterocycles. The number of fused-ring (bicyclic) bond motifs is 1. The summed E-state index contributed by atoms with van der Waals surface area (Å²) in [6.45, 7) is 4.49. The van der Waals surface area contributed by atoms with Gasteiger partial charge in [-0.15, -0.1) is 0 Å². The Morgan fingerprint density at radius 3 is 2.46 bits per heavy atom. The zero-order chi connectivity index (χ0) is 25.0. The third-order valence-electron chi connectivity index (χ3n) is 5.78. The smallest absolute Gasteiger partial charge is 0.256 e. The lowest BCUT2D eigenvalue weighted by Crippen LogP contribution is -2.36. The van der Waals surface area contributed by atoms with Gasteiger partial charge in [0.1, 0.15) is 5.56 Å². The summed E-state index contributed by atoms with van der Waals surface area (Å²) in [7, 11) is 3.07. The predicted octanol–water partition coefficient (Wildman–Crippen LogP) is 3.71. The molecule has 0 unspecified atom stereocenters. The minimum Gasteiger partial charge on any atom is -0.493 e. The standard InChI is InChI=1S/C26H27N5O4/c1-26(2,16-28-25(33)20-15-29-31-13-5-12-27-23(20)31)18-7-9-19(10-8-18)30-24(32)17-6-11-21(34-3)22(14-17)35-4/h5-15H,16H2,1-4H3,(H,28,33)(H,30,32). The number of carbonyl (C=O) groups is 2. The van der Waals surface area contributed by atoms with Gasteiger partial charge in [0.2, 0.25) is 0 Å². The molecule has 0 spiro atoms. The van der Waals surface area contributed by atoms with Crippen LogP contribution in [0.4, 0.5) is 5.69 Å². The second-order valence-electron chi connectivity index (χ2n) is 8.61. The summed E-state index contributed by atoms with van der Waals surface area (Å²) in [4.78, 5) is 29.6. The van der Waals surface area contributed by atoms with E-state index in [2.05, 4.69) is 20.7 Å². The second-order valence-corrected chi connectivity index (χ2v) is 8.61. The maximum absolute atomic E-state index is 12.7. The van der Waals surface area contributed by atoms with E-state index in [-0.39, 0.29) is 17.2 Å². The molecular weight excluding hydrogens is 446 g/mol. The number of methoxy groups -OCH3 is 2. The fourth-order valence-corrected chi connectivity index (χ4v) is 3.67. The molecule has 0 radical (unpaired) electrons. The molecule has 0 fully saturated rings. The van der Waals surface area contributed by atoms with Crippen LogP contribution in [0.2, 0.25) is 0 Å². The van der Waals surface area contributed by atoms with E-state index in [9.17, 15) is 9.59 Å². The number of ether oxygens (including phenoxy) is 2. The molecule has 0 aliphatic carbocycles. The maximum atomic E-state index is 12.7. The van der Waals surface area contributed by atoms with Crippen molar-refractivity contribution in [1.82, 2.24) is 19.9 Å². The van der Waals surface area contributed by atoms with Crippen LogP contribution in [0.15, 0.2) is 67.1 Å². The van der Waals surface area contributed by atoms with Crippen LogP contribution in [0.1, 0.15) is 40.1 Å². The van der Waals surface area contributed by atoms with Gasteiger partial charge in [0.25, 0.3) is 11.8 Å². The molecule has 35 heavy (non-hydrogen) atoms. The molecule has 0 saturated carbocycles. The van der Waals surface area contributed by atoms with Gasteiger partial charge >= 0.3 is 0 Å². The van der Waals surface area contributed by atoms with Crippen LogP contribution < -0.4 is 20.1 Å². The highest BCUT2D eigenvalue weighted by Crippen LogP contribution is 2.28. The summed E-state index contributed by atoms with van der Waals surface area (Å²) in [6.07, 6.45) is 4.89. The molecule has 0 saturated heterocycles. The van der Waals surface area contributed by atoms with Crippen molar-refractivity contribution in [3.63, 3.8) is 0 Å². The molecule has 9 nitrogen and oxygen atoms in total. The van der Waals surface area contributed by atoms with Gasteiger partial charge in [0.05, 0.1) is 20.4 Å². The zero-order valence-corrected chi connectivity index (χ0v) is 20.0. The van der Waals surface area contributed by atoms with Crippen molar-refractivity contribution in [1.29, 1.82) is 0 Å². The summed E-state index contributed by atoms with van der Waals surface area (Å²) in [5, 5.41) is 10.0. The van der Waals surface area contributed by atoms with Gasteiger partial charge in [-0.3, -0.25) is 9.59 Å². The first kappa shape index (κ1) is 23.7. The second kappa shape index (κ2) is 9.84. The normalized spacial score (nSPS) is 11.2. The van der Waals surface area contributed by atoms with Gasteiger partial charge in [-0.2, -0.15) is 5.10 Å². The first-order valence-corrected chi connectivity index (χ1v) is 11.0. The molecule has 2 aromatic heterocycles. The lowest BCUT2D eigenvalue weighted by Gasteiger charge is -2.26. The SMILES string of the molecule is COc1ccc(C(=O)Nc2ccc(C(C)(C)CNC(=O)c3cnn4cccnc34)cc2)cc1OC. The Bertz CT molecular complexity index is 1360. The van der Waals surface area contributed by atoms with Crippen molar-refractivity contribution < 1.29 is 19.1 Å². The molecule has 0 aliphatic rings. The molecule has 2 amide bonds. The Kier molecular flexibility index (Phi) is 6.68. The van der Waals surface area contributed by atoms with Crippen molar-refractivity contribution in [3.05, 3.63) is 83.8 Å². The third kappa shape index (κ3) is 5.08. The lowest BCUT2D eigenvalue weighted by molar-refractivity contribution is 0.0946. The summed E-state index contributed by atoms with van der Waals surface area (Å²) < 4.78 is 12.1. The first-order valence-electron chi connectivity index (χ1n) is 11.0. The van der Waals surface area contributed by atoms with E-state index >= 15 is 0 Å². The monoisotopic (exact) mass is 473 g/mol. The molecular formula is C26H27N5O4. The fourth-order valence-electron chi connectivity index (χ4n) is 3.67. The number of carbonyl (C=O) groups excluding carboxylic acids is 2. The van der Waals surface area contributed by atoms with Crippen LogP contribution in [-0.2, 0) is 5.41 Å². The van der Waals surface area contributed by atoms with Crippen molar-refractivity contribution in [3.8, 4) is 11.5 Å². The highest BCUT2D eigenvalue weighted by molar-refractivity contribution is 6.04. The van der Waals surface area contributed by atoms with Crippen molar-refractivity contribution in [2.24, 2.45) is 0 Å². The molecule has 0 aliphatic heterocycles. The van der Waals surface area contributed by atoms with E-state index in [1.165, 1.54) is 13.3 Å². The molecule has 0 atom stereocenters. The molecule has 4 aromatic rings. The topological polar surface area (TPSA) is 107 Å². The van der Waals surface area contributed by atoms with Crippen LogP contribution in [0, 0.1) is 0 Å². The van der Waals surface area contributed by atoms with Crippen molar-refractivity contribution in [2.45, 2.75) is 19.3 Å². The van der Waals surface area contributed by atoms with Crippen LogP contribution in [0.5, 0.6) is 11.5 Å². The molecule has 180 valence electrons. The average Bonchev–Trinajstić information content (AvgIpc) is 3.31. The largest absolute Gasteiger partial charge is 0.493 e. The number of rotatable bonds is 8. The molecule has 9 heteroatoms. The van der Waals surface area contributed by atoms with Gasteiger partial charge in [0, 0.05) is 35.6 Å². The molecule has 0 bridgehead atoms. The number of aromatic nitrogens is 3. The number of anilines is 1. The molecule has 2 aromatic carbocycles. The van der Waals surface area contributed by atoms with E-state index in [0.29, 0.717) is 40.5 Å². The third-order valence-corrected chi connectivity index (χ3v) is 5.78. The minimum atomic E-state index is -0.349. The number of hydrogen-bond acceptors (Lipinski definition) is 6. The number of nitrogens with one attached hydrogen (secondary N) is 2. The van der Waals surface area contributed by atoms with E-state index in [1.54, 1.807) is 48.3 Å². The number of hydrogen-bond donors (Lipinski definition) is 2. The average molecular weight is 474 g/mol. The van der Waals surface area contributed by atoms with Gasteiger partial charge in [0.15, 0.2) is 17.1 Å². The highest BCUT2D eigenvalue weighted by Gasteiger charge is 2.23. The molecule has 2 N–H and O–H groups in total. The first-order chi connectivity index (χ1) is 16.8. The minimum absolute atomic E-state index is 0.231. The van der Waals surface area contributed by atoms with E-state index in [4.69, 9.17) is 9.47 Å². The van der Waals surface area contributed by atoms with Crippen molar-refractivity contribution in [2.75, 3.05) is 26.1 Å². The highest BCUT2D eigenvalue weighted by atomic mass is 16.5. The van der Waals surface area contributed by atoms with Crippen molar-refractivity contribution >= 4 is 23.1 Å². The van der Waals surface area contributed by atoms with Gasteiger partial charge in [-0.05, 0) is 42.0 Å². The van der Waals surface area contributed by atoms with E-state index in [1.807, 2.05) is 38.1 Å². The van der Waals surface area contributed by atoms with Crippen LogP contribution >= 0.6 is 0 Å². The Balaban J connectivity index is 1.40. The van der Waals surface area contributed by atoms with Crippen LogP contribution in [0.3, 0.4) is 0 Å². The summed E-state index contributed by atoms with van der Waals surface area (Å²) in [5.74, 6) is 0.553. The Morgan fingerprint density at radius 2 is 1.74 bits per heavy atom. The van der Waals surface area contributed by atoms with Gasteiger partial charge in [-0.1, -0.05) is 26.0 Å². The molecule has 4 rings (SSSR count). The summed E-state index contributed by atoms with van der Waals surface area (Å²) in [6, 6.07) is 14.3. The Hall–Kier alpha value is -4.40. The quantitative estimate of drug-likeness (QED) is 0.404. The maximum Gasteiger partial charge on any atom is 0.256 e. The Morgan fingerprint density at radius 1 is 1.00 bits per heavy atom. The zero-order valence-electron chi connectivity index (χ0n) is 20.0. The van der Waals surface area contributed by atoms with Gasteiger partial charge in [-0.25, -0.2) is 9.50 Å². The summed E-state index contributed by atoms with van der Waals surface area (Å²) in [5.41, 5.74) is 2.72. The van der Waals surface area contributed by atoms with E-state index < -0.39 is 0 Å². The predicted molar refractivity (Wildman–Crippen MR) is 132 cm³/mol. The van der Waals surface area contributed by atoms with Gasteiger partial charge < -0.3 is 20.1 Å². The lowest BCUT2D eigenvalue weighted by atomic mass is 9.84.